The van der Waals surface area contributed by atoms with Crippen LogP contribution in [0.2, 0.25) is 0 Å². The van der Waals surface area contributed by atoms with Crippen molar-refractivity contribution in [1.82, 2.24) is 0 Å². The maximum absolute atomic E-state index is 2.48. The number of benzene rings is 7. The van der Waals surface area contributed by atoms with Crippen molar-refractivity contribution in [3.63, 3.8) is 0 Å². The van der Waals surface area contributed by atoms with Crippen LogP contribution < -0.4 is 4.90 Å². The minimum atomic E-state index is -0.0410. The summed E-state index contributed by atoms with van der Waals surface area (Å²) in [5.41, 5.74) is 12.8. The predicted octanol–water partition coefficient (Wildman–Crippen LogP) is 12.7. The van der Waals surface area contributed by atoms with Crippen molar-refractivity contribution in [2.45, 2.75) is 45.4 Å². The molecular weight excluding hydrogens is 555 g/mol. The van der Waals surface area contributed by atoms with Crippen molar-refractivity contribution >= 4 is 38.6 Å². The molecule has 224 valence electrons. The van der Waals surface area contributed by atoms with Crippen LogP contribution in [0.15, 0.2) is 146 Å². The fourth-order valence-electron chi connectivity index (χ4n) is 7.56. The average Bonchev–Trinajstić information content (AvgIpc) is 3.30. The zero-order valence-electron chi connectivity index (χ0n) is 27.3. The second kappa shape index (κ2) is 10.5. The van der Waals surface area contributed by atoms with Gasteiger partial charge in [-0.25, -0.2) is 0 Å². The maximum Gasteiger partial charge on any atom is 0.0546 e. The van der Waals surface area contributed by atoms with Gasteiger partial charge in [-0.2, -0.15) is 0 Å². The SMILES string of the molecule is CC(C)(C)c1ccc(N(c2ccc3c(c2)-c2ccccc2C3(C)C)c2ccc3ccccc3c2-c2cccc3ccccc23)cc1. The first-order valence-electron chi connectivity index (χ1n) is 16.4. The van der Waals surface area contributed by atoms with Crippen LogP contribution in [0.3, 0.4) is 0 Å². The van der Waals surface area contributed by atoms with Gasteiger partial charge in [0.2, 0.25) is 0 Å². The monoisotopic (exact) mass is 593 g/mol. The molecule has 0 saturated heterocycles. The van der Waals surface area contributed by atoms with Gasteiger partial charge in [0.15, 0.2) is 0 Å². The number of hydrogen-bond donors (Lipinski definition) is 0. The second-order valence-electron chi connectivity index (χ2n) is 14.2. The Hall–Kier alpha value is -5.14. The van der Waals surface area contributed by atoms with E-state index in [2.05, 4.69) is 185 Å². The third-order valence-electron chi connectivity index (χ3n) is 10.0. The van der Waals surface area contributed by atoms with Crippen LogP contribution in [-0.2, 0) is 10.8 Å². The van der Waals surface area contributed by atoms with E-state index in [0.717, 1.165) is 11.4 Å². The van der Waals surface area contributed by atoms with Gasteiger partial charge in [-0.05, 0) is 90.7 Å². The van der Waals surface area contributed by atoms with Crippen molar-refractivity contribution in [3.8, 4) is 22.3 Å². The smallest absolute Gasteiger partial charge is 0.0546 e. The number of nitrogens with zero attached hydrogens (tertiary/aromatic N) is 1. The summed E-state index contributed by atoms with van der Waals surface area (Å²) in [4.78, 5) is 2.48. The summed E-state index contributed by atoms with van der Waals surface area (Å²) >= 11 is 0. The maximum atomic E-state index is 2.48. The van der Waals surface area contributed by atoms with Gasteiger partial charge < -0.3 is 4.90 Å². The van der Waals surface area contributed by atoms with Gasteiger partial charge in [0.05, 0.1) is 5.69 Å². The minimum Gasteiger partial charge on any atom is -0.310 e. The molecule has 1 nitrogen and oxygen atoms in total. The summed E-state index contributed by atoms with van der Waals surface area (Å²) in [5, 5.41) is 4.99. The molecule has 46 heavy (non-hydrogen) atoms. The first kappa shape index (κ1) is 28.3. The Morgan fingerprint density at radius 1 is 0.478 bits per heavy atom. The summed E-state index contributed by atoms with van der Waals surface area (Å²) in [6, 6.07) is 54.1. The summed E-state index contributed by atoms with van der Waals surface area (Å²) in [7, 11) is 0. The fourth-order valence-corrected chi connectivity index (χ4v) is 7.56. The molecule has 8 rings (SSSR count). The highest BCUT2D eigenvalue weighted by molar-refractivity contribution is 6.11. The molecule has 7 aromatic carbocycles. The molecule has 0 amide bonds. The Bertz CT molecular complexity index is 2260. The molecule has 0 fully saturated rings. The molecule has 1 heteroatoms. The standard InChI is InChI=1S/C45H39N/c1-44(2,3)32-22-24-33(25-23-32)46(34-26-27-41-39(29-34)37-18-10-11-20-40(37)45(41,4)5)42-28-21-31-14-7-9-17-36(31)43(42)38-19-12-15-30-13-6-8-16-35(30)38/h6-29H,1-5H3. The van der Waals surface area contributed by atoms with E-state index in [1.807, 2.05) is 0 Å². The van der Waals surface area contributed by atoms with Gasteiger partial charge in [-0.15, -0.1) is 0 Å². The first-order chi connectivity index (χ1) is 22.2. The lowest BCUT2D eigenvalue weighted by Crippen LogP contribution is -2.16. The predicted molar refractivity (Wildman–Crippen MR) is 198 cm³/mol. The Kier molecular flexibility index (Phi) is 6.44. The molecular formula is C45H39N. The van der Waals surface area contributed by atoms with E-state index in [1.165, 1.54) is 66.2 Å². The number of anilines is 3. The van der Waals surface area contributed by atoms with Crippen LogP contribution in [0.4, 0.5) is 17.1 Å². The Balaban J connectivity index is 1.44. The van der Waals surface area contributed by atoms with Crippen molar-refractivity contribution in [2.75, 3.05) is 4.90 Å². The van der Waals surface area contributed by atoms with Crippen molar-refractivity contribution in [3.05, 3.63) is 162 Å². The lowest BCUT2D eigenvalue weighted by atomic mass is 9.82. The molecule has 0 spiro atoms. The first-order valence-corrected chi connectivity index (χ1v) is 16.4. The number of hydrogen-bond acceptors (Lipinski definition) is 1. The van der Waals surface area contributed by atoms with Crippen LogP contribution in [0.25, 0.3) is 43.8 Å². The van der Waals surface area contributed by atoms with Gasteiger partial charge >= 0.3 is 0 Å². The summed E-state index contributed by atoms with van der Waals surface area (Å²) in [6.07, 6.45) is 0. The third-order valence-corrected chi connectivity index (χ3v) is 10.0. The molecule has 0 bridgehead atoms. The van der Waals surface area contributed by atoms with Gasteiger partial charge in [0.1, 0.15) is 0 Å². The van der Waals surface area contributed by atoms with Crippen LogP contribution in [-0.4, -0.2) is 0 Å². The molecule has 0 atom stereocenters. The summed E-state index contributed by atoms with van der Waals surface area (Å²) < 4.78 is 0. The highest BCUT2D eigenvalue weighted by atomic mass is 15.1. The van der Waals surface area contributed by atoms with Crippen LogP contribution in [0, 0.1) is 0 Å². The van der Waals surface area contributed by atoms with Crippen LogP contribution in [0.5, 0.6) is 0 Å². The second-order valence-corrected chi connectivity index (χ2v) is 14.2. The van der Waals surface area contributed by atoms with Crippen LogP contribution in [0.1, 0.15) is 51.3 Å². The fraction of sp³-hybridized carbons (Fsp3) is 0.156. The van der Waals surface area contributed by atoms with Crippen molar-refractivity contribution < 1.29 is 0 Å². The topological polar surface area (TPSA) is 3.24 Å². The van der Waals surface area contributed by atoms with E-state index in [9.17, 15) is 0 Å². The Morgan fingerprint density at radius 2 is 1.07 bits per heavy atom. The molecule has 0 aliphatic heterocycles. The quantitative estimate of drug-likeness (QED) is 0.196. The number of rotatable bonds is 4. The molecule has 0 heterocycles. The molecule has 0 saturated carbocycles. The molecule has 1 aliphatic rings. The third kappa shape index (κ3) is 4.45. The highest BCUT2D eigenvalue weighted by Gasteiger charge is 2.35. The molecule has 0 aromatic heterocycles. The molecule has 0 radical (unpaired) electrons. The average molecular weight is 594 g/mol. The van der Waals surface area contributed by atoms with E-state index in [0.29, 0.717) is 0 Å². The van der Waals surface area contributed by atoms with Gasteiger partial charge in [-0.3, -0.25) is 0 Å². The van der Waals surface area contributed by atoms with Crippen molar-refractivity contribution in [2.24, 2.45) is 0 Å². The molecule has 1 aliphatic carbocycles. The Labute approximate surface area is 272 Å². The molecule has 7 aromatic rings. The van der Waals surface area contributed by atoms with E-state index < -0.39 is 0 Å². The van der Waals surface area contributed by atoms with Crippen molar-refractivity contribution in [1.29, 1.82) is 0 Å². The zero-order chi connectivity index (χ0) is 31.6. The van der Waals surface area contributed by atoms with E-state index >= 15 is 0 Å². The van der Waals surface area contributed by atoms with E-state index in [4.69, 9.17) is 0 Å². The van der Waals surface area contributed by atoms with Gasteiger partial charge in [0.25, 0.3) is 0 Å². The van der Waals surface area contributed by atoms with Gasteiger partial charge in [0, 0.05) is 22.4 Å². The minimum absolute atomic E-state index is 0.0410. The normalized spacial score (nSPS) is 13.5. The molecule has 0 N–H and O–H groups in total. The zero-order valence-corrected chi connectivity index (χ0v) is 27.3. The largest absolute Gasteiger partial charge is 0.310 e. The lowest BCUT2D eigenvalue weighted by Gasteiger charge is -2.30. The highest BCUT2D eigenvalue weighted by Crippen LogP contribution is 2.52. The summed E-state index contributed by atoms with van der Waals surface area (Å²) in [6.45, 7) is 11.5. The molecule has 0 unspecified atom stereocenters. The lowest BCUT2D eigenvalue weighted by molar-refractivity contribution is 0.590. The Morgan fingerprint density at radius 3 is 1.83 bits per heavy atom. The van der Waals surface area contributed by atoms with Crippen LogP contribution >= 0.6 is 0 Å². The summed E-state index contributed by atoms with van der Waals surface area (Å²) in [5.74, 6) is 0. The van der Waals surface area contributed by atoms with E-state index in [1.54, 1.807) is 0 Å². The number of fused-ring (bicyclic) bond motifs is 5. The van der Waals surface area contributed by atoms with Gasteiger partial charge in [-0.1, -0.05) is 150 Å². The van der Waals surface area contributed by atoms with E-state index in [-0.39, 0.29) is 10.8 Å².